The molecule has 0 radical (unpaired) electrons. The first-order valence-electron chi connectivity index (χ1n) is 6.97. The normalized spacial score (nSPS) is 10.8. The number of non-ortho nitro benzene ring substituents is 1. The number of hydrogen-bond acceptors (Lipinski definition) is 5. The molecule has 0 fully saturated rings. The summed E-state index contributed by atoms with van der Waals surface area (Å²) in [5, 5.41) is 31.5. The molecule has 0 aliphatic carbocycles. The number of rotatable bonds is 8. The van der Waals surface area contributed by atoms with Gasteiger partial charge in [0.2, 0.25) is 0 Å². The third-order valence-corrected chi connectivity index (χ3v) is 3.29. The van der Waals surface area contributed by atoms with Gasteiger partial charge >= 0.3 is 5.69 Å². The Morgan fingerprint density at radius 1 is 1.10 bits per heavy atom. The lowest BCUT2D eigenvalue weighted by Crippen LogP contribution is -1.97. The summed E-state index contributed by atoms with van der Waals surface area (Å²) in [5.74, 6) is 0.159. The number of benzene rings is 1. The van der Waals surface area contributed by atoms with Crippen LogP contribution in [0.3, 0.4) is 0 Å². The fourth-order valence-electron chi connectivity index (χ4n) is 2.14. The van der Waals surface area contributed by atoms with E-state index in [4.69, 9.17) is 0 Å². The van der Waals surface area contributed by atoms with E-state index in [0.29, 0.717) is 12.3 Å². The number of aryl methyl sites for hydroxylation is 1. The van der Waals surface area contributed by atoms with E-state index in [1.807, 2.05) is 0 Å². The van der Waals surface area contributed by atoms with Crippen molar-refractivity contribution in [2.24, 2.45) is 5.92 Å². The monoisotopic (exact) mass is 296 g/mol. The molecule has 0 heterocycles. The first kappa shape index (κ1) is 16.9. The second-order valence-corrected chi connectivity index (χ2v) is 5.48. The zero-order valence-corrected chi connectivity index (χ0v) is 12.2. The largest absolute Gasteiger partial charge is 0.502 e. The highest BCUT2D eigenvalue weighted by Crippen LogP contribution is 2.35. The number of hydrogen-bond donors (Lipinski definition) is 1. The second-order valence-electron chi connectivity index (χ2n) is 5.48. The van der Waals surface area contributed by atoms with E-state index in [9.17, 15) is 25.3 Å². The summed E-state index contributed by atoms with van der Waals surface area (Å²) in [4.78, 5) is 20.1. The Hall–Kier alpha value is -2.18. The number of nitro benzene ring substituents is 2. The van der Waals surface area contributed by atoms with E-state index in [1.54, 1.807) is 0 Å². The summed E-state index contributed by atoms with van der Waals surface area (Å²) in [7, 11) is 0. The van der Waals surface area contributed by atoms with Crippen LogP contribution in [-0.2, 0) is 6.42 Å². The number of phenols is 1. The second kappa shape index (κ2) is 7.56. The maximum Gasteiger partial charge on any atom is 0.317 e. The molecule has 21 heavy (non-hydrogen) atoms. The maximum atomic E-state index is 10.8. The van der Waals surface area contributed by atoms with Gasteiger partial charge in [0, 0.05) is 11.6 Å². The third kappa shape index (κ3) is 5.02. The van der Waals surface area contributed by atoms with Crippen LogP contribution in [0.25, 0.3) is 0 Å². The zero-order valence-electron chi connectivity index (χ0n) is 12.2. The van der Waals surface area contributed by atoms with Crippen molar-refractivity contribution in [3.05, 3.63) is 37.9 Å². The predicted octanol–water partition coefficient (Wildman–Crippen LogP) is 3.97. The van der Waals surface area contributed by atoms with Crippen molar-refractivity contribution in [1.82, 2.24) is 0 Å². The van der Waals surface area contributed by atoms with Crippen molar-refractivity contribution in [2.45, 2.75) is 46.0 Å². The van der Waals surface area contributed by atoms with Gasteiger partial charge in [-0.3, -0.25) is 20.2 Å². The number of nitro groups is 2. The smallest absolute Gasteiger partial charge is 0.317 e. The van der Waals surface area contributed by atoms with Crippen molar-refractivity contribution in [2.75, 3.05) is 0 Å². The lowest BCUT2D eigenvalue weighted by atomic mass is 10.0. The third-order valence-electron chi connectivity index (χ3n) is 3.29. The molecule has 7 heteroatoms. The Balaban J connectivity index is 2.80. The quantitative estimate of drug-likeness (QED) is 0.443. The van der Waals surface area contributed by atoms with Gasteiger partial charge in [-0.05, 0) is 18.8 Å². The molecular weight excluding hydrogens is 276 g/mol. The average Bonchev–Trinajstić information content (AvgIpc) is 2.39. The van der Waals surface area contributed by atoms with Crippen LogP contribution in [0, 0.1) is 26.1 Å². The first-order chi connectivity index (χ1) is 9.82. The van der Waals surface area contributed by atoms with Gasteiger partial charge in [0.05, 0.1) is 15.9 Å². The molecule has 1 aromatic rings. The molecule has 0 spiro atoms. The SMILES string of the molecule is CC(C)CCCCCc1cc([N+](=O)[O-])cc([N+](=O)[O-])c1O. The molecule has 1 N–H and O–H groups in total. The summed E-state index contributed by atoms with van der Waals surface area (Å²) in [5.41, 5.74) is -0.710. The molecule has 0 aromatic heterocycles. The maximum absolute atomic E-state index is 10.8. The van der Waals surface area contributed by atoms with Gasteiger partial charge in [-0.15, -0.1) is 0 Å². The summed E-state index contributed by atoms with van der Waals surface area (Å²) < 4.78 is 0. The van der Waals surface area contributed by atoms with Crippen LogP contribution in [0.2, 0.25) is 0 Å². The average molecular weight is 296 g/mol. The lowest BCUT2D eigenvalue weighted by Gasteiger charge is -2.06. The highest BCUT2D eigenvalue weighted by Gasteiger charge is 2.23. The van der Waals surface area contributed by atoms with E-state index in [1.165, 1.54) is 6.07 Å². The molecule has 1 aromatic carbocycles. The molecule has 0 atom stereocenters. The predicted molar refractivity (Wildman–Crippen MR) is 78.4 cm³/mol. The summed E-state index contributed by atoms with van der Waals surface area (Å²) >= 11 is 0. The van der Waals surface area contributed by atoms with Gasteiger partial charge < -0.3 is 5.11 Å². The Kier molecular flexibility index (Phi) is 6.08. The van der Waals surface area contributed by atoms with Gasteiger partial charge in [0.1, 0.15) is 0 Å². The minimum absolute atomic E-state index is 0.264. The van der Waals surface area contributed by atoms with Crippen LogP contribution in [-0.4, -0.2) is 15.0 Å². The Labute approximate surface area is 122 Å². The molecule has 0 bridgehead atoms. The van der Waals surface area contributed by atoms with Crippen LogP contribution in [0.4, 0.5) is 11.4 Å². The number of aromatic hydroxyl groups is 1. The van der Waals surface area contributed by atoms with Crippen molar-refractivity contribution in [3.63, 3.8) is 0 Å². The fourth-order valence-corrected chi connectivity index (χ4v) is 2.14. The molecule has 0 saturated carbocycles. The molecule has 7 nitrogen and oxygen atoms in total. The Morgan fingerprint density at radius 2 is 1.76 bits per heavy atom. The van der Waals surface area contributed by atoms with Crippen LogP contribution < -0.4 is 0 Å². The highest BCUT2D eigenvalue weighted by molar-refractivity contribution is 5.57. The molecule has 0 aliphatic heterocycles. The Bertz CT molecular complexity index is 528. The number of unbranched alkanes of at least 4 members (excludes halogenated alkanes) is 2. The standard InChI is InChI=1S/C14H20N2O5/c1-10(2)6-4-3-5-7-11-8-12(15(18)19)9-13(14(11)17)16(20)21/h8-10,17H,3-7H2,1-2H3. The molecule has 0 amide bonds. The Morgan fingerprint density at radius 3 is 2.29 bits per heavy atom. The topological polar surface area (TPSA) is 107 Å². The minimum Gasteiger partial charge on any atom is -0.502 e. The van der Waals surface area contributed by atoms with Gasteiger partial charge in [-0.1, -0.05) is 33.1 Å². The van der Waals surface area contributed by atoms with Crippen molar-refractivity contribution in [1.29, 1.82) is 0 Å². The van der Waals surface area contributed by atoms with Gasteiger partial charge in [-0.25, -0.2) is 0 Å². The van der Waals surface area contributed by atoms with Crippen LogP contribution >= 0.6 is 0 Å². The van der Waals surface area contributed by atoms with E-state index in [2.05, 4.69) is 13.8 Å². The van der Waals surface area contributed by atoms with Crippen LogP contribution in [0.15, 0.2) is 12.1 Å². The summed E-state index contributed by atoms with van der Waals surface area (Å²) in [6.45, 7) is 4.27. The first-order valence-corrected chi connectivity index (χ1v) is 6.97. The van der Waals surface area contributed by atoms with E-state index in [-0.39, 0.29) is 11.3 Å². The van der Waals surface area contributed by atoms with Crippen LogP contribution in [0.5, 0.6) is 5.75 Å². The van der Waals surface area contributed by atoms with Gasteiger partial charge in [-0.2, -0.15) is 0 Å². The van der Waals surface area contributed by atoms with E-state index < -0.39 is 21.3 Å². The van der Waals surface area contributed by atoms with Gasteiger partial charge in [0.25, 0.3) is 5.69 Å². The lowest BCUT2D eigenvalue weighted by molar-refractivity contribution is -0.394. The summed E-state index contributed by atoms with van der Waals surface area (Å²) in [6.07, 6.45) is 4.19. The molecule has 116 valence electrons. The summed E-state index contributed by atoms with van der Waals surface area (Å²) in [6, 6.07) is 2.00. The van der Waals surface area contributed by atoms with Crippen molar-refractivity contribution >= 4 is 11.4 Å². The fraction of sp³-hybridized carbons (Fsp3) is 0.571. The highest BCUT2D eigenvalue weighted by atomic mass is 16.6. The van der Waals surface area contributed by atoms with Crippen LogP contribution in [0.1, 0.15) is 45.1 Å². The zero-order chi connectivity index (χ0) is 16.0. The molecular formula is C14H20N2O5. The molecule has 0 aliphatic rings. The number of phenolic OH excluding ortho intramolecular Hbond substituents is 1. The number of nitrogens with zero attached hydrogens (tertiary/aromatic N) is 2. The van der Waals surface area contributed by atoms with Gasteiger partial charge in [0.15, 0.2) is 5.75 Å². The van der Waals surface area contributed by atoms with Crippen molar-refractivity contribution in [3.8, 4) is 5.75 Å². The van der Waals surface area contributed by atoms with E-state index >= 15 is 0 Å². The van der Waals surface area contributed by atoms with E-state index in [0.717, 1.165) is 31.7 Å². The molecule has 0 unspecified atom stereocenters. The molecule has 1 rings (SSSR count). The molecule has 0 saturated heterocycles. The minimum atomic E-state index is -0.801. The van der Waals surface area contributed by atoms with Crippen molar-refractivity contribution < 1.29 is 15.0 Å².